The smallest absolute Gasteiger partial charge is 0.307 e. The maximum Gasteiger partial charge on any atom is 0.307 e. The first-order valence-electron chi connectivity index (χ1n) is 8.13. The van der Waals surface area contributed by atoms with Gasteiger partial charge < -0.3 is 5.11 Å². The molecule has 1 saturated heterocycles. The lowest BCUT2D eigenvalue weighted by atomic mass is 9.91. The number of rotatable bonds is 4. The van der Waals surface area contributed by atoms with E-state index in [0.29, 0.717) is 29.6 Å². The third-order valence-corrected chi connectivity index (χ3v) is 5.44. The summed E-state index contributed by atoms with van der Waals surface area (Å²) >= 11 is 12.6. The predicted octanol–water partition coefficient (Wildman–Crippen LogP) is 5.02. The number of carboxylic acids is 1. The molecule has 1 aliphatic rings. The van der Waals surface area contributed by atoms with Crippen molar-refractivity contribution in [2.75, 3.05) is 13.1 Å². The van der Waals surface area contributed by atoms with E-state index in [4.69, 9.17) is 23.2 Å². The Labute approximate surface area is 156 Å². The Balaban J connectivity index is 2.06. The summed E-state index contributed by atoms with van der Waals surface area (Å²) in [7, 11) is 0. The first-order valence-corrected chi connectivity index (χ1v) is 8.89. The van der Waals surface area contributed by atoms with Gasteiger partial charge in [-0.15, -0.1) is 0 Å². The fourth-order valence-corrected chi connectivity index (χ4v) is 3.85. The maximum atomic E-state index is 13.8. The van der Waals surface area contributed by atoms with Gasteiger partial charge in [-0.25, -0.2) is 4.39 Å². The van der Waals surface area contributed by atoms with E-state index >= 15 is 0 Å². The van der Waals surface area contributed by atoms with Crippen molar-refractivity contribution in [3.8, 4) is 0 Å². The Hall–Kier alpha value is -1.62. The maximum absolute atomic E-state index is 13.8. The summed E-state index contributed by atoms with van der Waals surface area (Å²) in [5.41, 5.74) is 1.49. The molecule has 0 radical (unpaired) electrons. The van der Waals surface area contributed by atoms with Crippen molar-refractivity contribution < 1.29 is 14.3 Å². The van der Waals surface area contributed by atoms with Gasteiger partial charge >= 0.3 is 5.97 Å². The minimum atomic E-state index is -0.806. The van der Waals surface area contributed by atoms with Crippen LogP contribution in [0.25, 0.3) is 0 Å². The number of piperidine rings is 1. The van der Waals surface area contributed by atoms with E-state index in [1.807, 2.05) is 12.1 Å². The number of nitrogens with zero attached hydrogens (tertiary/aromatic N) is 1. The lowest BCUT2D eigenvalue weighted by Crippen LogP contribution is -2.41. The molecule has 2 aromatic carbocycles. The number of halogens is 3. The van der Waals surface area contributed by atoms with Crippen LogP contribution in [0.2, 0.25) is 10.0 Å². The Kier molecular flexibility index (Phi) is 5.62. The van der Waals surface area contributed by atoms with Crippen molar-refractivity contribution in [2.45, 2.75) is 18.9 Å². The molecule has 2 unspecified atom stereocenters. The van der Waals surface area contributed by atoms with Crippen molar-refractivity contribution >= 4 is 29.2 Å². The molecule has 1 N–H and O–H groups in total. The molecule has 1 fully saturated rings. The van der Waals surface area contributed by atoms with Gasteiger partial charge in [-0.2, -0.15) is 0 Å². The van der Waals surface area contributed by atoms with Crippen LogP contribution >= 0.6 is 23.2 Å². The molecule has 0 aliphatic carbocycles. The second kappa shape index (κ2) is 7.73. The minimum Gasteiger partial charge on any atom is -0.481 e. The fourth-order valence-electron chi connectivity index (χ4n) is 3.44. The normalized spacial score (nSPS) is 19.6. The molecule has 3 nitrogen and oxygen atoms in total. The van der Waals surface area contributed by atoms with Crippen LogP contribution in [0.1, 0.15) is 30.0 Å². The van der Waals surface area contributed by atoms with Crippen LogP contribution in [0, 0.1) is 11.7 Å². The monoisotopic (exact) mass is 381 g/mol. The van der Waals surface area contributed by atoms with Gasteiger partial charge in [0, 0.05) is 6.54 Å². The number of aliphatic carboxylic acids is 1. The van der Waals surface area contributed by atoms with Gasteiger partial charge in [0.25, 0.3) is 0 Å². The quantitative estimate of drug-likeness (QED) is 0.808. The summed E-state index contributed by atoms with van der Waals surface area (Å²) < 4.78 is 13.8. The lowest BCUT2D eigenvalue weighted by molar-refractivity contribution is -0.143. The third-order valence-electron chi connectivity index (χ3n) is 4.61. The zero-order valence-corrected chi connectivity index (χ0v) is 15.0. The Morgan fingerprint density at radius 3 is 2.72 bits per heavy atom. The average molecular weight is 382 g/mol. The fraction of sp³-hybridized carbons (Fsp3) is 0.316. The number of likely N-dealkylation sites (tertiary alicyclic amines) is 1. The van der Waals surface area contributed by atoms with Crippen molar-refractivity contribution in [1.29, 1.82) is 0 Å². The van der Waals surface area contributed by atoms with E-state index in [2.05, 4.69) is 4.90 Å². The summed E-state index contributed by atoms with van der Waals surface area (Å²) in [6.07, 6.45) is 1.41. The summed E-state index contributed by atoms with van der Waals surface area (Å²) in [5.74, 6) is -1.59. The molecule has 1 heterocycles. The highest BCUT2D eigenvalue weighted by atomic mass is 35.5. The van der Waals surface area contributed by atoms with E-state index in [1.54, 1.807) is 18.2 Å². The molecule has 2 atom stereocenters. The van der Waals surface area contributed by atoms with Crippen LogP contribution < -0.4 is 0 Å². The molecule has 0 saturated carbocycles. The largest absolute Gasteiger partial charge is 0.481 e. The van der Waals surface area contributed by atoms with E-state index in [9.17, 15) is 14.3 Å². The van der Waals surface area contributed by atoms with Gasteiger partial charge in [0.1, 0.15) is 5.82 Å². The highest BCUT2D eigenvalue weighted by Gasteiger charge is 2.32. The Morgan fingerprint density at radius 1 is 1.24 bits per heavy atom. The second-order valence-corrected chi connectivity index (χ2v) is 7.06. The van der Waals surface area contributed by atoms with Crippen LogP contribution in [0.3, 0.4) is 0 Å². The van der Waals surface area contributed by atoms with Crippen LogP contribution in [0.5, 0.6) is 0 Å². The van der Waals surface area contributed by atoms with Crippen molar-refractivity contribution in [3.63, 3.8) is 0 Å². The topological polar surface area (TPSA) is 40.5 Å². The number of carbonyl (C=O) groups is 1. The highest BCUT2D eigenvalue weighted by molar-refractivity contribution is 6.42. The average Bonchev–Trinajstić information content (AvgIpc) is 2.59. The van der Waals surface area contributed by atoms with Crippen LogP contribution in [-0.2, 0) is 4.79 Å². The minimum absolute atomic E-state index is 0.340. The van der Waals surface area contributed by atoms with Crippen LogP contribution in [0.15, 0.2) is 42.5 Å². The standard InChI is InChI=1S/C19H18Cl2FNO2/c20-16-8-2-7-15(17(16)21)18(12-4-1-6-14(22)10-12)23-9-3-5-13(11-23)19(24)25/h1-2,4,6-8,10,13,18H,3,5,9,11H2,(H,24,25). The molecule has 6 heteroatoms. The SMILES string of the molecule is O=C(O)C1CCCN(C(c2cccc(F)c2)c2cccc(Cl)c2Cl)C1. The van der Waals surface area contributed by atoms with E-state index in [-0.39, 0.29) is 11.9 Å². The molecular weight excluding hydrogens is 364 g/mol. The van der Waals surface area contributed by atoms with E-state index in [1.165, 1.54) is 12.1 Å². The first-order chi connectivity index (χ1) is 12.0. The van der Waals surface area contributed by atoms with E-state index < -0.39 is 11.9 Å². The molecule has 0 aromatic heterocycles. The molecule has 0 amide bonds. The highest BCUT2D eigenvalue weighted by Crippen LogP contribution is 2.38. The second-order valence-electron chi connectivity index (χ2n) is 6.27. The Bertz CT molecular complexity index is 784. The molecule has 0 bridgehead atoms. The number of hydrogen-bond donors (Lipinski definition) is 1. The van der Waals surface area contributed by atoms with Gasteiger partial charge in [-0.1, -0.05) is 47.5 Å². The summed E-state index contributed by atoms with van der Waals surface area (Å²) in [6.45, 7) is 1.10. The van der Waals surface area contributed by atoms with Gasteiger partial charge in [-0.05, 0) is 48.7 Å². The zero-order valence-electron chi connectivity index (χ0n) is 13.5. The third kappa shape index (κ3) is 3.97. The summed E-state index contributed by atoms with van der Waals surface area (Å²) in [4.78, 5) is 13.5. The van der Waals surface area contributed by atoms with Gasteiger partial charge in [-0.3, -0.25) is 9.69 Å². The molecule has 1 aliphatic heterocycles. The molecule has 3 rings (SSSR count). The van der Waals surface area contributed by atoms with Gasteiger partial charge in [0.15, 0.2) is 0 Å². The Morgan fingerprint density at radius 2 is 2.00 bits per heavy atom. The molecule has 2 aromatic rings. The van der Waals surface area contributed by atoms with Crippen molar-refractivity contribution in [3.05, 3.63) is 69.5 Å². The molecule has 132 valence electrons. The van der Waals surface area contributed by atoms with Gasteiger partial charge in [0.05, 0.1) is 22.0 Å². The number of hydrogen-bond acceptors (Lipinski definition) is 2. The van der Waals surface area contributed by atoms with Crippen molar-refractivity contribution in [2.24, 2.45) is 5.92 Å². The van der Waals surface area contributed by atoms with Crippen molar-refractivity contribution in [1.82, 2.24) is 4.90 Å². The summed E-state index contributed by atoms with van der Waals surface area (Å²) in [5, 5.41) is 10.2. The lowest BCUT2D eigenvalue weighted by Gasteiger charge is -2.38. The summed E-state index contributed by atoms with van der Waals surface area (Å²) in [6, 6.07) is 11.3. The number of carboxylic acid groups (broad SMARTS) is 1. The first kappa shape index (κ1) is 18.2. The zero-order chi connectivity index (χ0) is 18.0. The van der Waals surface area contributed by atoms with E-state index in [0.717, 1.165) is 17.5 Å². The molecular formula is C19H18Cl2FNO2. The van der Waals surface area contributed by atoms with Crippen LogP contribution in [0.4, 0.5) is 4.39 Å². The van der Waals surface area contributed by atoms with Crippen LogP contribution in [-0.4, -0.2) is 29.1 Å². The predicted molar refractivity (Wildman–Crippen MR) is 96.6 cm³/mol. The molecule has 0 spiro atoms. The van der Waals surface area contributed by atoms with Gasteiger partial charge in [0.2, 0.25) is 0 Å². The molecule has 25 heavy (non-hydrogen) atoms. The number of benzene rings is 2.